The Bertz CT molecular complexity index is 2030. The number of hydrogen-bond acceptors (Lipinski definition) is 7. The van der Waals surface area contributed by atoms with Crippen molar-refractivity contribution in [3.63, 3.8) is 0 Å². The van der Waals surface area contributed by atoms with E-state index in [-0.39, 0.29) is 42.6 Å². The molecule has 3 aliphatic carbocycles. The standard InChI is InChI=1S/C58H82O7/c1-9-12-16-25-42(6)47-36-48(43(7)34-52(47)63-40-55(60)65-58(11-3)32-23-15-24-33-58)56(49-37-50(45-26-17-13-18-27-45)53(35-44(49)8)61-38-41(4)5)46-28-19-20-29-51(46)62-39-54(59)64-57(10-2)30-21-14-22-31-57/h19-20,28-29,34-37,42,45,56H,4,9-18,21-27,30-33,38-40H2,1-3,5-8H3. The van der Waals surface area contributed by atoms with Crippen molar-refractivity contribution >= 4 is 11.9 Å². The summed E-state index contributed by atoms with van der Waals surface area (Å²) < 4.78 is 32.2. The molecule has 0 aromatic heterocycles. The third-order valence-corrected chi connectivity index (χ3v) is 15.1. The number of rotatable bonds is 22. The van der Waals surface area contributed by atoms with Crippen molar-refractivity contribution in [1.82, 2.24) is 0 Å². The maximum atomic E-state index is 13.7. The average molecular weight is 891 g/mol. The summed E-state index contributed by atoms with van der Waals surface area (Å²) in [5, 5.41) is 0. The molecule has 356 valence electrons. The molecule has 2 unspecified atom stereocenters. The first-order valence-electron chi connectivity index (χ1n) is 25.7. The molecule has 3 fully saturated rings. The van der Waals surface area contributed by atoms with Crippen LogP contribution in [-0.4, -0.2) is 43.0 Å². The number of aryl methyl sites for hydroxylation is 2. The fourth-order valence-corrected chi connectivity index (χ4v) is 11.1. The lowest BCUT2D eigenvalue weighted by Crippen LogP contribution is -2.38. The van der Waals surface area contributed by atoms with Crippen molar-refractivity contribution < 1.29 is 33.3 Å². The molecule has 0 aliphatic heterocycles. The van der Waals surface area contributed by atoms with Gasteiger partial charge in [-0.2, -0.15) is 0 Å². The molecule has 7 nitrogen and oxygen atoms in total. The van der Waals surface area contributed by atoms with Gasteiger partial charge in [-0.25, -0.2) is 9.59 Å². The zero-order valence-electron chi connectivity index (χ0n) is 41.4. The molecule has 0 spiro atoms. The molecule has 0 N–H and O–H groups in total. The molecule has 3 aromatic carbocycles. The van der Waals surface area contributed by atoms with Gasteiger partial charge in [0.25, 0.3) is 0 Å². The van der Waals surface area contributed by atoms with Gasteiger partial charge >= 0.3 is 11.9 Å². The molecule has 3 saturated carbocycles. The van der Waals surface area contributed by atoms with E-state index in [1.807, 2.05) is 19.1 Å². The summed E-state index contributed by atoms with van der Waals surface area (Å²) in [4.78, 5) is 27.2. The van der Waals surface area contributed by atoms with Crippen LogP contribution in [0, 0.1) is 13.8 Å². The smallest absolute Gasteiger partial charge is 0.344 e. The highest BCUT2D eigenvalue weighted by atomic mass is 16.6. The van der Waals surface area contributed by atoms with Crippen molar-refractivity contribution in [1.29, 1.82) is 0 Å². The molecule has 0 radical (unpaired) electrons. The number of para-hydroxylation sites is 1. The van der Waals surface area contributed by atoms with Crippen molar-refractivity contribution in [3.8, 4) is 17.2 Å². The van der Waals surface area contributed by atoms with Crippen LogP contribution in [0.4, 0.5) is 0 Å². The van der Waals surface area contributed by atoms with Gasteiger partial charge in [0.05, 0.1) is 0 Å². The number of carbonyl (C=O) groups excluding carboxylic acids is 2. The van der Waals surface area contributed by atoms with Gasteiger partial charge in [0, 0.05) is 11.5 Å². The average Bonchev–Trinajstić information content (AvgIpc) is 3.31. The summed E-state index contributed by atoms with van der Waals surface area (Å²) in [6.07, 6.45) is 22.3. The van der Waals surface area contributed by atoms with Crippen LogP contribution >= 0.6 is 0 Å². The highest BCUT2D eigenvalue weighted by Crippen LogP contribution is 2.47. The van der Waals surface area contributed by atoms with Gasteiger partial charge in [0.2, 0.25) is 0 Å². The van der Waals surface area contributed by atoms with Crippen LogP contribution in [-0.2, 0) is 19.1 Å². The van der Waals surface area contributed by atoms with Gasteiger partial charge in [-0.05, 0) is 173 Å². The molecular weight excluding hydrogens is 809 g/mol. The van der Waals surface area contributed by atoms with Crippen molar-refractivity contribution in [3.05, 3.63) is 99.6 Å². The molecule has 0 amide bonds. The Morgan fingerprint density at radius 1 is 0.631 bits per heavy atom. The molecule has 3 aromatic rings. The monoisotopic (exact) mass is 891 g/mol. The van der Waals surface area contributed by atoms with Crippen molar-refractivity contribution in [2.75, 3.05) is 19.8 Å². The molecular formula is C58H82O7. The van der Waals surface area contributed by atoms with E-state index in [9.17, 15) is 9.59 Å². The van der Waals surface area contributed by atoms with Gasteiger partial charge in [-0.15, -0.1) is 0 Å². The number of hydrogen-bond donors (Lipinski definition) is 0. The zero-order valence-corrected chi connectivity index (χ0v) is 41.4. The highest BCUT2D eigenvalue weighted by molar-refractivity contribution is 5.72. The van der Waals surface area contributed by atoms with E-state index in [0.29, 0.717) is 18.3 Å². The lowest BCUT2D eigenvalue weighted by Gasteiger charge is -2.36. The highest BCUT2D eigenvalue weighted by Gasteiger charge is 2.36. The minimum Gasteiger partial charge on any atom is -0.489 e. The third-order valence-electron chi connectivity index (χ3n) is 15.1. The number of benzene rings is 3. The van der Waals surface area contributed by atoms with Crippen molar-refractivity contribution in [2.24, 2.45) is 0 Å². The second-order valence-electron chi connectivity index (χ2n) is 20.2. The van der Waals surface area contributed by atoms with E-state index >= 15 is 0 Å². The Morgan fingerprint density at radius 2 is 1.15 bits per heavy atom. The predicted molar refractivity (Wildman–Crippen MR) is 264 cm³/mol. The van der Waals surface area contributed by atoms with Gasteiger partial charge in [0.15, 0.2) is 13.2 Å². The number of esters is 2. The van der Waals surface area contributed by atoms with E-state index in [2.05, 4.69) is 84.5 Å². The maximum Gasteiger partial charge on any atom is 0.344 e. The fourth-order valence-electron chi connectivity index (χ4n) is 11.1. The summed E-state index contributed by atoms with van der Waals surface area (Å²) in [5.41, 5.74) is 8.02. The largest absolute Gasteiger partial charge is 0.489 e. The molecule has 3 aliphatic rings. The topological polar surface area (TPSA) is 80.3 Å². The second-order valence-corrected chi connectivity index (χ2v) is 20.2. The normalized spacial score (nSPS) is 18.3. The van der Waals surface area contributed by atoms with E-state index < -0.39 is 5.60 Å². The Labute approximate surface area is 392 Å². The summed E-state index contributed by atoms with van der Waals surface area (Å²) in [5.74, 6) is 2.05. The van der Waals surface area contributed by atoms with Crippen LogP contribution in [0.25, 0.3) is 0 Å². The van der Waals surface area contributed by atoms with E-state index in [0.717, 1.165) is 148 Å². The summed E-state index contributed by atoms with van der Waals surface area (Å²) in [6, 6.07) is 17.4. The van der Waals surface area contributed by atoms with Crippen LogP contribution in [0.3, 0.4) is 0 Å². The van der Waals surface area contributed by atoms with Gasteiger partial charge in [-0.3, -0.25) is 0 Å². The maximum absolute atomic E-state index is 13.7. The lowest BCUT2D eigenvalue weighted by atomic mass is 9.76. The van der Waals surface area contributed by atoms with Crippen LogP contribution in [0.2, 0.25) is 0 Å². The summed E-state index contributed by atoms with van der Waals surface area (Å²) >= 11 is 0. The van der Waals surface area contributed by atoms with E-state index in [4.69, 9.17) is 23.7 Å². The van der Waals surface area contributed by atoms with Crippen LogP contribution in [0.5, 0.6) is 17.2 Å². The van der Waals surface area contributed by atoms with E-state index in [1.54, 1.807) is 0 Å². The summed E-state index contributed by atoms with van der Waals surface area (Å²) in [6.45, 7) is 19.5. The van der Waals surface area contributed by atoms with Crippen LogP contribution in [0.1, 0.15) is 226 Å². The first-order chi connectivity index (χ1) is 31.4. The molecule has 2 atom stereocenters. The quantitative estimate of drug-likeness (QED) is 0.0430. The van der Waals surface area contributed by atoms with Crippen molar-refractivity contribution in [2.45, 2.75) is 212 Å². The molecule has 6 rings (SSSR count). The Balaban J connectivity index is 1.45. The second kappa shape index (κ2) is 24.0. The third kappa shape index (κ3) is 13.2. The Kier molecular flexibility index (Phi) is 18.5. The number of ether oxygens (including phenoxy) is 5. The Hall–Kier alpha value is -4.26. The molecule has 0 saturated heterocycles. The molecule has 7 heteroatoms. The van der Waals surface area contributed by atoms with Crippen LogP contribution < -0.4 is 14.2 Å². The van der Waals surface area contributed by atoms with Gasteiger partial charge in [-0.1, -0.05) is 116 Å². The molecule has 0 bridgehead atoms. The minimum absolute atomic E-state index is 0.125. The number of carbonyl (C=O) groups is 2. The molecule has 0 heterocycles. The fraction of sp³-hybridized carbons (Fsp3) is 0.621. The lowest BCUT2D eigenvalue weighted by molar-refractivity contribution is -0.167. The SMILES string of the molecule is C=C(C)COc1cc(C)c(C(c2cc(C(C)CCCCC)c(OCC(=O)OC3(CC)CCCCC3)cc2C)c2ccccc2OCC(=O)OC2(CC)CCCCC2)cc1C1CCCCC1. The van der Waals surface area contributed by atoms with Gasteiger partial charge < -0.3 is 23.7 Å². The molecule has 65 heavy (non-hydrogen) atoms. The first-order valence-corrected chi connectivity index (χ1v) is 25.7. The van der Waals surface area contributed by atoms with Crippen LogP contribution in [0.15, 0.2) is 60.7 Å². The zero-order chi connectivity index (χ0) is 46.4. The van der Waals surface area contributed by atoms with Gasteiger partial charge in [0.1, 0.15) is 35.1 Å². The predicted octanol–water partition coefficient (Wildman–Crippen LogP) is 15.2. The van der Waals surface area contributed by atoms with E-state index in [1.165, 1.54) is 43.2 Å². The number of unbranched alkanes of at least 4 members (excludes halogenated alkanes) is 2. The first kappa shape index (κ1) is 50.2. The summed E-state index contributed by atoms with van der Waals surface area (Å²) in [7, 11) is 0. The minimum atomic E-state index is -0.406. The Morgan fingerprint density at radius 3 is 1.72 bits per heavy atom.